The maximum Gasteiger partial charge on any atom is 0.303 e. The normalized spacial score (nSPS) is 31.0. The molecule has 0 aromatic heterocycles. The number of ether oxygens (including phenoxy) is 1. The Balaban J connectivity index is 1.49. The summed E-state index contributed by atoms with van der Waals surface area (Å²) in [5.74, 6) is -8.11. The number of rotatable bonds is 7. The molecule has 4 amide bonds. The Morgan fingerprint density at radius 3 is 2.39 bits per heavy atom. The number of hydrogen-bond acceptors (Lipinski definition) is 7. The molecule has 10 nitrogen and oxygen atoms in total. The lowest BCUT2D eigenvalue weighted by Crippen LogP contribution is -2.60. The molecule has 13 heteroatoms. The minimum Gasteiger partial charge on any atom is -0.508 e. The van der Waals surface area contributed by atoms with Crippen LogP contribution in [0.4, 0.5) is 10.1 Å². The molecule has 2 aliphatic heterocycles. The van der Waals surface area contributed by atoms with E-state index >= 15 is 0 Å². The molecule has 0 bridgehead atoms. The highest BCUT2D eigenvalue weighted by Crippen LogP contribution is 2.66. The van der Waals surface area contributed by atoms with Crippen molar-refractivity contribution in [1.82, 2.24) is 4.90 Å². The fourth-order valence-corrected chi connectivity index (χ4v) is 8.24. The molecule has 0 radical (unpaired) electrons. The summed E-state index contributed by atoms with van der Waals surface area (Å²) in [6.07, 6.45) is 1.42. The monoisotopic (exact) mass is 644 g/mol. The number of methoxy groups -OCH3 is 1. The quantitative estimate of drug-likeness (QED) is 0.262. The summed E-state index contributed by atoms with van der Waals surface area (Å²) in [4.78, 5) is 64.3. The van der Waals surface area contributed by atoms with Gasteiger partial charge < -0.3 is 14.9 Å². The molecule has 2 aromatic rings. The number of aromatic hydroxyl groups is 1. The van der Waals surface area contributed by atoms with Crippen molar-refractivity contribution in [2.24, 2.45) is 17.8 Å². The molecule has 2 saturated heterocycles. The van der Waals surface area contributed by atoms with E-state index in [9.17, 15) is 33.5 Å². The maximum absolute atomic E-state index is 14.3. The fraction of sp³-hybridized carbons (Fsp3) is 0.387. The number of likely N-dealkylation sites (tertiary alicyclic amines) is 1. The SMILES string of the molecule is COc1ccc(C2C3=CCC4C(=O)N(CCCC(=O)O)C(=O)C4C3CC3(Cl)C(=O)N(c4ccc(F)cc4)C(=O)C23Cl)c(O)c1. The van der Waals surface area contributed by atoms with Gasteiger partial charge in [0, 0.05) is 30.5 Å². The highest BCUT2D eigenvalue weighted by Gasteiger charge is 2.76. The molecule has 2 aliphatic carbocycles. The number of imide groups is 2. The second-order valence-corrected chi connectivity index (χ2v) is 12.7. The predicted molar refractivity (Wildman–Crippen MR) is 155 cm³/mol. The number of halogens is 3. The van der Waals surface area contributed by atoms with Gasteiger partial charge in [0.15, 0.2) is 9.75 Å². The van der Waals surface area contributed by atoms with Crippen LogP contribution in [0.1, 0.15) is 37.2 Å². The summed E-state index contributed by atoms with van der Waals surface area (Å²) >= 11 is 14.5. The van der Waals surface area contributed by atoms with Crippen molar-refractivity contribution in [3.63, 3.8) is 0 Å². The lowest BCUT2D eigenvalue weighted by Gasteiger charge is -2.50. The van der Waals surface area contributed by atoms with E-state index in [0.29, 0.717) is 11.3 Å². The first-order chi connectivity index (χ1) is 20.8. The molecule has 4 aliphatic rings. The Kier molecular flexibility index (Phi) is 7.24. The lowest BCUT2D eigenvalue weighted by atomic mass is 9.56. The van der Waals surface area contributed by atoms with E-state index in [1.54, 1.807) is 12.1 Å². The van der Waals surface area contributed by atoms with Gasteiger partial charge in [-0.2, -0.15) is 0 Å². The number of aliphatic carboxylic acids is 1. The number of carboxylic acid groups (broad SMARTS) is 1. The second-order valence-electron chi connectivity index (χ2n) is 11.5. The van der Waals surface area contributed by atoms with Crippen LogP contribution in [-0.4, -0.2) is 68.1 Å². The average molecular weight is 645 g/mol. The average Bonchev–Trinajstić information content (AvgIpc) is 3.31. The highest BCUT2D eigenvalue weighted by atomic mass is 35.5. The minimum atomic E-state index is -2.19. The van der Waals surface area contributed by atoms with E-state index in [1.165, 1.54) is 31.4 Å². The van der Waals surface area contributed by atoms with Crippen LogP contribution in [0.3, 0.4) is 0 Å². The first-order valence-corrected chi connectivity index (χ1v) is 14.8. The van der Waals surface area contributed by atoms with Crippen LogP contribution in [0.2, 0.25) is 0 Å². The second kappa shape index (κ2) is 10.6. The number of carbonyl (C=O) groups excluding carboxylic acids is 4. The van der Waals surface area contributed by atoms with Crippen molar-refractivity contribution < 1.29 is 43.3 Å². The Morgan fingerprint density at radius 1 is 1.05 bits per heavy atom. The number of hydrogen-bond donors (Lipinski definition) is 2. The molecular weight excluding hydrogens is 618 g/mol. The molecule has 44 heavy (non-hydrogen) atoms. The molecule has 230 valence electrons. The van der Waals surface area contributed by atoms with Crippen LogP contribution in [-0.2, 0) is 24.0 Å². The van der Waals surface area contributed by atoms with Gasteiger partial charge in [0.2, 0.25) is 11.8 Å². The molecule has 6 rings (SSSR count). The van der Waals surface area contributed by atoms with Crippen LogP contribution in [0.25, 0.3) is 0 Å². The molecular formula is C31H27Cl2FN2O8. The molecule has 3 fully saturated rings. The largest absolute Gasteiger partial charge is 0.508 e. The van der Waals surface area contributed by atoms with Gasteiger partial charge in [-0.1, -0.05) is 17.7 Å². The van der Waals surface area contributed by atoms with Crippen molar-refractivity contribution in [3.05, 3.63) is 65.5 Å². The van der Waals surface area contributed by atoms with Crippen LogP contribution in [0, 0.1) is 23.6 Å². The topological polar surface area (TPSA) is 142 Å². The van der Waals surface area contributed by atoms with E-state index in [-0.39, 0.29) is 49.2 Å². The van der Waals surface area contributed by atoms with Crippen molar-refractivity contribution in [2.45, 2.75) is 41.3 Å². The van der Waals surface area contributed by atoms with Crippen molar-refractivity contribution in [2.75, 3.05) is 18.6 Å². The van der Waals surface area contributed by atoms with Crippen molar-refractivity contribution >= 4 is 58.5 Å². The minimum absolute atomic E-state index is 0.0418. The summed E-state index contributed by atoms with van der Waals surface area (Å²) in [5, 5.41) is 20.2. The standard InChI is InChI=1S/C31H27Cl2FN2O8/c1-44-17-8-9-19(22(37)13-17)25-18-10-11-20-24(27(41)35(26(20)40)12-2-3-23(38)39)21(18)14-30(32)28(42)36(29(43)31(25,30)33)16-6-4-15(34)5-7-16/h4-10,13,20-21,24-25,37H,2-3,11-12,14H2,1H3,(H,38,39). The van der Waals surface area contributed by atoms with Gasteiger partial charge in [0.05, 0.1) is 24.6 Å². The number of phenolic OH excluding ortho intramolecular Hbond substituents is 1. The predicted octanol–water partition coefficient (Wildman–Crippen LogP) is 3.97. The van der Waals surface area contributed by atoms with E-state index in [4.69, 9.17) is 33.0 Å². The number of fused-ring (bicyclic) bond motifs is 4. The summed E-state index contributed by atoms with van der Waals surface area (Å²) in [6, 6.07) is 9.05. The lowest BCUT2D eigenvalue weighted by molar-refractivity contribution is -0.142. The van der Waals surface area contributed by atoms with Crippen molar-refractivity contribution in [3.8, 4) is 11.5 Å². The maximum atomic E-state index is 14.3. The molecule has 2 aromatic carbocycles. The zero-order chi connectivity index (χ0) is 31.7. The van der Waals surface area contributed by atoms with Gasteiger partial charge in [-0.15, -0.1) is 23.2 Å². The molecule has 0 spiro atoms. The van der Waals surface area contributed by atoms with Gasteiger partial charge in [0.1, 0.15) is 17.3 Å². The number of phenols is 1. The van der Waals surface area contributed by atoms with Crippen molar-refractivity contribution in [1.29, 1.82) is 0 Å². The number of anilines is 1. The van der Waals surface area contributed by atoms with Gasteiger partial charge in [-0.05, 0) is 55.5 Å². The first kappa shape index (κ1) is 30.1. The Morgan fingerprint density at radius 2 is 1.75 bits per heavy atom. The van der Waals surface area contributed by atoms with Crippen LogP contribution < -0.4 is 9.64 Å². The van der Waals surface area contributed by atoms with Crippen LogP contribution in [0.15, 0.2) is 54.1 Å². The number of alkyl halides is 2. The molecule has 2 N–H and O–H groups in total. The summed E-state index contributed by atoms with van der Waals surface area (Å²) in [5.41, 5.74) is 0.686. The fourth-order valence-electron chi connectivity index (χ4n) is 7.31. The van der Waals surface area contributed by atoms with E-state index in [1.807, 2.05) is 0 Å². The number of carbonyl (C=O) groups is 5. The zero-order valence-electron chi connectivity index (χ0n) is 23.3. The number of amides is 4. The van der Waals surface area contributed by atoms with E-state index < -0.39 is 68.8 Å². The Bertz CT molecular complexity index is 1650. The Hall–Kier alpha value is -3.96. The van der Waals surface area contributed by atoms with E-state index in [2.05, 4.69) is 0 Å². The van der Waals surface area contributed by atoms with Gasteiger partial charge in [0.25, 0.3) is 11.8 Å². The highest BCUT2D eigenvalue weighted by molar-refractivity contribution is 6.58. The number of benzene rings is 2. The molecule has 6 unspecified atom stereocenters. The summed E-state index contributed by atoms with van der Waals surface area (Å²) in [7, 11) is 1.41. The third-order valence-corrected chi connectivity index (χ3v) is 10.7. The van der Waals surface area contributed by atoms with E-state index in [0.717, 1.165) is 21.9 Å². The first-order valence-electron chi connectivity index (χ1n) is 14.0. The third-order valence-electron chi connectivity index (χ3n) is 9.31. The molecule has 6 atom stereocenters. The third kappa shape index (κ3) is 4.16. The summed E-state index contributed by atoms with van der Waals surface area (Å²) < 4.78 is 19.0. The van der Waals surface area contributed by atoms with Gasteiger partial charge in [-0.25, -0.2) is 9.29 Å². The van der Waals surface area contributed by atoms with Crippen LogP contribution in [0.5, 0.6) is 11.5 Å². The molecule has 1 saturated carbocycles. The van der Waals surface area contributed by atoms with Gasteiger partial charge >= 0.3 is 5.97 Å². The number of nitrogens with zero attached hydrogens (tertiary/aromatic N) is 2. The Labute approximate surface area is 261 Å². The van der Waals surface area contributed by atoms with Gasteiger partial charge in [-0.3, -0.25) is 28.9 Å². The number of allylic oxidation sites excluding steroid dienone is 2. The number of carboxylic acids is 1. The zero-order valence-corrected chi connectivity index (χ0v) is 24.8. The summed E-state index contributed by atoms with van der Waals surface area (Å²) in [6.45, 7) is -0.0804. The van der Waals surface area contributed by atoms with Crippen LogP contribution >= 0.6 is 23.2 Å². The molecule has 2 heterocycles. The smallest absolute Gasteiger partial charge is 0.303 e.